The van der Waals surface area contributed by atoms with Gasteiger partial charge in [0.25, 0.3) is 0 Å². The maximum Gasteiger partial charge on any atom is 0.0600 e. The molecule has 0 spiro atoms. The van der Waals surface area contributed by atoms with Crippen LogP contribution in [0.2, 0.25) is 0 Å². The van der Waals surface area contributed by atoms with Crippen LogP contribution in [-0.2, 0) is 13.0 Å². The predicted molar refractivity (Wildman–Crippen MR) is 73.9 cm³/mol. The molecular weight excluding hydrogens is 222 g/mol. The van der Waals surface area contributed by atoms with Gasteiger partial charge in [-0.3, -0.25) is 4.98 Å². The van der Waals surface area contributed by atoms with E-state index < -0.39 is 0 Å². The molecule has 1 atom stereocenters. The van der Waals surface area contributed by atoms with Crippen molar-refractivity contribution in [3.63, 3.8) is 0 Å². The van der Waals surface area contributed by atoms with Gasteiger partial charge in [0.15, 0.2) is 0 Å². The van der Waals surface area contributed by atoms with Crippen molar-refractivity contribution in [2.24, 2.45) is 5.73 Å². The van der Waals surface area contributed by atoms with Crippen LogP contribution in [0, 0.1) is 0 Å². The summed E-state index contributed by atoms with van der Waals surface area (Å²) >= 11 is 0. The Morgan fingerprint density at radius 1 is 1.28 bits per heavy atom. The van der Waals surface area contributed by atoms with Crippen LogP contribution in [0.15, 0.2) is 42.6 Å². The normalized spacial score (nSPS) is 17.9. The number of nitrogens with two attached hydrogens (primary N) is 1. The highest BCUT2D eigenvalue weighted by Crippen LogP contribution is 2.37. The summed E-state index contributed by atoms with van der Waals surface area (Å²) < 4.78 is 0. The van der Waals surface area contributed by atoms with E-state index >= 15 is 0 Å². The van der Waals surface area contributed by atoms with Gasteiger partial charge in [-0.25, -0.2) is 0 Å². The highest BCUT2D eigenvalue weighted by atomic mass is 15.2. The Balaban J connectivity index is 2.00. The lowest BCUT2D eigenvalue weighted by Crippen LogP contribution is -2.24. The van der Waals surface area contributed by atoms with E-state index in [1.54, 1.807) is 0 Å². The molecule has 1 unspecified atom stereocenters. The molecule has 0 amide bonds. The van der Waals surface area contributed by atoms with E-state index in [9.17, 15) is 0 Å². The van der Waals surface area contributed by atoms with Crippen molar-refractivity contribution < 1.29 is 0 Å². The van der Waals surface area contributed by atoms with Gasteiger partial charge in [0.05, 0.1) is 17.6 Å². The standard InChI is InChI=1S/C15H17N3/c1-11-8-12-4-2-3-5-15(12)18(11)14-7-6-13(9-16)17-10-14/h2-7,10-11H,8-9,16H2,1H3. The third-order valence-electron chi connectivity index (χ3n) is 3.50. The van der Waals surface area contributed by atoms with Crippen LogP contribution < -0.4 is 10.6 Å². The second kappa shape index (κ2) is 4.42. The molecule has 0 aliphatic carbocycles. The summed E-state index contributed by atoms with van der Waals surface area (Å²) in [6.45, 7) is 2.74. The van der Waals surface area contributed by atoms with E-state index in [4.69, 9.17) is 5.73 Å². The van der Waals surface area contributed by atoms with Crippen molar-refractivity contribution in [2.75, 3.05) is 4.90 Å². The van der Waals surface area contributed by atoms with Crippen LogP contribution in [-0.4, -0.2) is 11.0 Å². The third-order valence-corrected chi connectivity index (χ3v) is 3.50. The Morgan fingerprint density at radius 3 is 2.83 bits per heavy atom. The molecule has 1 aromatic carbocycles. The summed E-state index contributed by atoms with van der Waals surface area (Å²) in [6, 6.07) is 13.2. The second-order valence-corrected chi connectivity index (χ2v) is 4.76. The quantitative estimate of drug-likeness (QED) is 0.876. The predicted octanol–water partition coefficient (Wildman–Crippen LogP) is 2.62. The fourth-order valence-corrected chi connectivity index (χ4v) is 2.64. The molecule has 1 aliphatic heterocycles. The summed E-state index contributed by atoms with van der Waals surface area (Å²) in [5, 5.41) is 0. The second-order valence-electron chi connectivity index (χ2n) is 4.76. The lowest BCUT2D eigenvalue weighted by atomic mass is 10.1. The van der Waals surface area contributed by atoms with Crippen LogP contribution >= 0.6 is 0 Å². The fourth-order valence-electron chi connectivity index (χ4n) is 2.64. The molecule has 0 saturated heterocycles. The average Bonchev–Trinajstić information content (AvgIpc) is 2.75. The highest BCUT2D eigenvalue weighted by Gasteiger charge is 2.26. The molecule has 0 bridgehead atoms. The first kappa shape index (κ1) is 11.2. The van der Waals surface area contributed by atoms with Crippen LogP contribution in [0.1, 0.15) is 18.2 Å². The van der Waals surface area contributed by atoms with Crippen LogP contribution in [0.25, 0.3) is 0 Å². The van der Waals surface area contributed by atoms with Crippen molar-refractivity contribution in [1.82, 2.24) is 4.98 Å². The van der Waals surface area contributed by atoms with Gasteiger partial charge in [-0.1, -0.05) is 18.2 Å². The lowest BCUT2D eigenvalue weighted by Gasteiger charge is -2.24. The number of hydrogen-bond donors (Lipinski definition) is 1. The minimum atomic E-state index is 0.480. The Kier molecular flexibility index (Phi) is 2.76. The lowest BCUT2D eigenvalue weighted by molar-refractivity contribution is 0.757. The minimum absolute atomic E-state index is 0.480. The minimum Gasteiger partial charge on any atom is -0.337 e. The van der Waals surface area contributed by atoms with Crippen molar-refractivity contribution in [3.05, 3.63) is 53.9 Å². The van der Waals surface area contributed by atoms with E-state index in [1.165, 1.54) is 11.3 Å². The average molecular weight is 239 g/mol. The van der Waals surface area contributed by atoms with E-state index in [2.05, 4.69) is 47.1 Å². The summed E-state index contributed by atoms with van der Waals surface area (Å²) in [4.78, 5) is 6.73. The van der Waals surface area contributed by atoms with E-state index in [0.29, 0.717) is 12.6 Å². The van der Waals surface area contributed by atoms with E-state index in [1.807, 2.05) is 12.3 Å². The van der Waals surface area contributed by atoms with Crippen LogP contribution in [0.3, 0.4) is 0 Å². The molecule has 1 aliphatic rings. The summed E-state index contributed by atoms with van der Waals surface area (Å²) in [7, 11) is 0. The first-order chi connectivity index (χ1) is 8.79. The van der Waals surface area contributed by atoms with Gasteiger partial charge in [0.2, 0.25) is 0 Å². The molecule has 0 saturated carbocycles. The molecule has 2 aromatic rings. The van der Waals surface area contributed by atoms with Crippen molar-refractivity contribution >= 4 is 11.4 Å². The fraction of sp³-hybridized carbons (Fsp3) is 0.267. The zero-order chi connectivity index (χ0) is 12.5. The number of benzene rings is 1. The third kappa shape index (κ3) is 1.77. The SMILES string of the molecule is CC1Cc2ccccc2N1c1ccc(CN)nc1. The monoisotopic (exact) mass is 239 g/mol. The summed E-state index contributed by atoms with van der Waals surface area (Å²) in [5.74, 6) is 0. The topological polar surface area (TPSA) is 42.1 Å². The highest BCUT2D eigenvalue weighted by molar-refractivity contribution is 5.70. The van der Waals surface area contributed by atoms with Gasteiger partial charge in [0.1, 0.15) is 0 Å². The molecule has 3 nitrogen and oxygen atoms in total. The number of rotatable bonds is 2. The molecule has 18 heavy (non-hydrogen) atoms. The Hall–Kier alpha value is -1.87. The molecule has 2 N–H and O–H groups in total. The molecule has 0 fully saturated rings. The molecule has 1 aromatic heterocycles. The number of fused-ring (bicyclic) bond motifs is 1. The van der Waals surface area contributed by atoms with E-state index in [-0.39, 0.29) is 0 Å². The number of anilines is 2. The van der Waals surface area contributed by atoms with Crippen molar-refractivity contribution in [1.29, 1.82) is 0 Å². The van der Waals surface area contributed by atoms with Crippen molar-refractivity contribution in [3.8, 4) is 0 Å². The smallest absolute Gasteiger partial charge is 0.0600 e. The molecule has 2 heterocycles. The zero-order valence-corrected chi connectivity index (χ0v) is 10.5. The largest absolute Gasteiger partial charge is 0.337 e. The summed E-state index contributed by atoms with van der Waals surface area (Å²) in [6.07, 6.45) is 3.01. The van der Waals surface area contributed by atoms with Gasteiger partial charge in [-0.15, -0.1) is 0 Å². The molecule has 3 heteroatoms. The zero-order valence-electron chi connectivity index (χ0n) is 10.5. The van der Waals surface area contributed by atoms with Crippen molar-refractivity contribution in [2.45, 2.75) is 25.9 Å². The molecule has 0 radical (unpaired) electrons. The molecule has 92 valence electrons. The van der Waals surface area contributed by atoms with Crippen LogP contribution in [0.5, 0.6) is 0 Å². The maximum absolute atomic E-state index is 5.58. The van der Waals surface area contributed by atoms with Gasteiger partial charge in [0, 0.05) is 18.3 Å². The van der Waals surface area contributed by atoms with Gasteiger partial charge in [-0.2, -0.15) is 0 Å². The number of aromatic nitrogens is 1. The summed E-state index contributed by atoms with van der Waals surface area (Å²) in [5.41, 5.74) is 10.4. The Bertz CT molecular complexity index is 548. The Morgan fingerprint density at radius 2 is 2.11 bits per heavy atom. The first-order valence-corrected chi connectivity index (χ1v) is 6.31. The molecule has 3 rings (SSSR count). The first-order valence-electron chi connectivity index (χ1n) is 6.31. The Labute approximate surface area is 107 Å². The van der Waals surface area contributed by atoms with E-state index in [0.717, 1.165) is 17.8 Å². The van der Waals surface area contributed by atoms with Gasteiger partial charge >= 0.3 is 0 Å². The number of pyridine rings is 1. The maximum atomic E-state index is 5.58. The van der Waals surface area contributed by atoms with Crippen LogP contribution in [0.4, 0.5) is 11.4 Å². The number of nitrogens with zero attached hydrogens (tertiary/aromatic N) is 2. The number of para-hydroxylation sites is 1. The van der Waals surface area contributed by atoms with Gasteiger partial charge in [-0.05, 0) is 37.1 Å². The number of hydrogen-bond acceptors (Lipinski definition) is 3. The van der Waals surface area contributed by atoms with Gasteiger partial charge < -0.3 is 10.6 Å². The molecular formula is C15H17N3.